The molecule has 0 unspecified atom stereocenters. The van der Waals surface area contributed by atoms with Crippen molar-refractivity contribution >= 4 is 20.0 Å². The van der Waals surface area contributed by atoms with Crippen molar-refractivity contribution in [2.75, 3.05) is 14.2 Å². The number of hydrogen-bond acceptors (Lipinski definition) is 5. The van der Waals surface area contributed by atoms with E-state index in [-0.39, 0.29) is 12.8 Å². The summed E-state index contributed by atoms with van der Waals surface area (Å²) in [6, 6.07) is 0. The van der Waals surface area contributed by atoms with Gasteiger partial charge in [0.15, 0.2) is 5.41 Å². The summed E-state index contributed by atoms with van der Waals surface area (Å²) in [5, 5.41) is 9.66. The molecule has 0 saturated carbocycles. The summed E-state index contributed by atoms with van der Waals surface area (Å²) in [6.45, 7) is 9.22. The third-order valence-electron chi connectivity index (χ3n) is 2.79. The second-order valence-corrected chi connectivity index (χ2v) is 11.6. The minimum Gasteiger partial charge on any atom is -0.468 e. The summed E-state index contributed by atoms with van der Waals surface area (Å²) < 4.78 is 9.56. The zero-order chi connectivity index (χ0) is 18.3. The van der Waals surface area contributed by atoms with Gasteiger partial charge in [-0.15, -0.1) is 11.5 Å². The summed E-state index contributed by atoms with van der Waals surface area (Å²) in [6.07, 6.45) is -0.159. The van der Waals surface area contributed by atoms with E-state index in [0.717, 1.165) is 0 Å². The quantitative estimate of drug-likeness (QED) is 0.366. The molecule has 1 N–H and O–H groups in total. The van der Waals surface area contributed by atoms with Crippen molar-refractivity contribution in [2.45, 2.75) is 51.9 Å². The molecule has 6 heteroatoms. The van der Waals surface area contributed by atoms with Gasteiger partial charge in [-0.25, -0.2) is 0 Å². The number of hydrogen-bond donors (Lipinski definition) is 1. The van der Waals surface area contributed by atoms with Crippen molar-refractivity contribution < 1.29 is 24.2 Å². The molecule has 23 heavy (non-hydrogen) atoms. The predicted octanol–water partition coefficient (Wildman–Crippen LogP) is 1.75. The minimum atomic E-state index is -1.65. The first-order chi connectivity index (χ1) is 10.4. The van der Waals surface area contributed by atoms with Crippen LogP contribution >= 0.6 is 0 Å². The number of carbonyl (C=O) groups is 2. The van der Waals surface area contributed by atoms with Crippen LogP contribution in [0.4, 0.5) is 0 Å². The normalized spacial score (nSPS) is 11.5. The lowest BCUT2D eigenvalue weighted by atomic mass is 9.81. The van der Waals surface area contributed by atoms with Gasteiger partial charge in [0.1, 0.15) is 13.7 Å². The molecule has 0 aromatic rings. The van der Waals surface area contributed by atoms with Gasteiger partial charge in [0.2, 0.25) is 0 Å². The summed E-state index contributed by atoms with van der Waals surface area (Å²) in [4.78, 5) is 24.5. The molecular formula is C17H26O5Si. The summed E-state index contributed by atoms with van der Waals surface area (Å²) in [5.41, 5.74) is 0.294. The van der Waals surface area contributed by atoms with Crippen LogP contribution < -0.4 is 0 Å². The van der Waals surface area contributed by atoms with Gasteiger partial charge in [0.05, 0.1) is 14.2 Å². The Hall–Kier alpha value is -1.76. The molecule has 0 heterocycles. The van der Waals surface area contributed by atoms with Gasteiger partial charge in [-0.3, -0.25) is 9.59 Å². The number of aliphatic hydroxyl groups is 1. The Bertz CT molecular complexity index is 506. The van der Waals surface area contributed by atoms with E-state index in [9.17, 15) is 14.7 Å². The molecule has 128 valence electrons. The Morgan fingerprint density at radius 3 is 1.78 bits per heavy atom. The second kappa shape index (κ2) is 8.19. The highest BCUT2D eigenvalue weighted by atomic mass is 28.3. The topological polar surface area (TPSA) is 72.8 Å². The number of carbonyl (C=O) groups excluding carboxylic acids is 2. The summed E-state index contributed by atoms with van der Waals surface area (Å²) >= 11 is 0. The number of ether oxygens (including phenoxy) is 2. The first kappa shape index (κ1) is 21.2. The lowest BCUT2D eigenvalue weighted by molar-refractivity contribution is -0.168. The molecule has 0 amide bonds. The Balaban J connectivity index is 5.77. The molecule has 0 radical (unpaired) electrons. The molecule has 5 nitrogen and oxygen atoms in total. The summed E-state index contributed by atoms with van der Waals surface area (Å²) in [7, 11) is 0.758. The molecule has 0 rings (SSSR count). The van der Waals surface area contributed by atoms with Gasteiger partial charge in [0.25, 0.3) is 0 Å². The third kappa shape index (κ3) is 7.36. The van der Waals surface area contributed by atoms with Gasteiger partial charge >= 0.3 is 11.9 Å². The van der Waals surface area contributed by atoms with E-state index >= 15 is 0 Å². The second-order valence-electron chi connectivity index (χ2n) is 6.83. The SMILES string of the molecule is COC(=O)C(CC#CC(C)(C)O)(CC#C[Si](C)(C)C)C(=O)OC. The first-order valence-electron chi connectivity index (χ1n) is 7.27. The van der Waals surface area contributed by atoms with Crippen LogP contribution in [0.3, 0.4) is 0 Å². The van der Waals surface area contributed by atoms with Crippen LogP contribution in [-0.4, -0.2) is 44.9 Å². The van der Waals surface area contributed by atoms with Crippen molar-refractivity contribution in [1.29, 1.82) is 0 Å². The molecule has 0 atom stereocenters. The maximum absolute atomic E-state index is 12.2. The molecule has 0 saturated heterocycles. The van der Waals surface area contributed by atoms with Crippen LogP contribution in [0.2, 0.25) is 19.6 Å². The van der Waals surface area contributed by atoms with Crippen LogP contribution in [-0.2, 0) is 19.1 Å². The van der Waals surface area contributed by atoms with Crippen LogP contribution in [0.1, 0.15) is 26.7 Å². The molecule has 0 aliphatic carbocycles. The lowest BCUT2D eigenvalue weighted by Gasteiger charge is -2.24. The van der Waals surface area contributed by atoms with Crippen molar-refractivity contribution in [3.05, 3.63) is 0 Å². The molecule has 0 aromatic carbocycles. The lowest BCUT2D eigenvalue weighted by Crippen LogP contribution is -2.41. The summed E-state index contributed by atoms with van der Waals surface area (Å²) in [5.74, 6) is 6.73. The Kier molecular flexibility index (Phi) is 7.56. The highest BCUT2D eigenvalue weighted by molar-refractivity contribution is 6.83. The van der Waals surface area contributed by atoms with E-state index in [1.54, 1.807) is 0 Å². The largest absolute Gasteiger partial charge is 0.468 e. The van der Waals surface area contributed by atoms with Gasteiger partial charge in [-0.2, -0.15) is 0 Å². The average Bonchev–Trinajstić information content (AvgIpc) is 2.41. The van der Waals surface area contributed by atoms with Gasteiger partial charge in [-0.05, 0) is 13.8 Å². The molecule has 0 aliphatic rings. The molecule has 0 aromatic heterocycles. The first-order valence-corrected chi connectivity index (χ1v) is 10.8. The average molecular weight is 338 g/mol. The fraction of sp³-hybridized carbons (Fsp3) is 0.647. The third-order valence-corrected chi connectivity index (χ3v) is 3.72. The fourth-order valence-corrected chi connectivity index (χ4v) is 2.32. The van der Waals surface area contributed by atoms with Crippen LogP contribution in [0, 0.1) is 28.7 Å². The monoisotopic (exact) mass is 338 g/mol. The molecular weight excluding hydrogens is 312 g/mol. The van der Waals surface area contributed by atoms with Gasteiger partial charge < -0.3 is 14.6 Å². The van der Waals surface area contributed by atoms with Crippen molar-refractivity contribution in [3.8, 4) is 23.3 Å². The van der Waals surface area contributed by atoms with E-state index in [1.165, 1.54) is 28.1 Å². The Morgan fingerprint density at radius 2 is 1.43 bits per heavy atom. The molecule has 0 bridgehead atoms. The zero-order valence-corrected chi connectivity index (χ0v) is 16.0. The Morgan fingerprint density at radius 1 is 1.00 bits per heavy atom. The smallest absolute Gasteiger partial charge is 0.325 e. The van der Waals surface area contributed by atoms with E-state index in [2.05, 4.69) is 42.9 Å². The van der Waals surface area contributed by atoms with Gasteiger partial charge in [0, 0.05) is 12.8 Å². The van der Waals surface area contributed by atoms with E-state index in [4.69, 9.17) is 9.47 Å². The predicted molar refractivity (Wildman–Crippen MR) is 90.9 cm³/mol. The number of esters is 2. The van der Waals surface area contributed by atoms with Crippen LogP contribution in [0.15, 0.2) is 0 Å². The van der Waals surface area contributed by atoms with E-state index in [1.807, 2.05) is 0 Å². The van der Waals surface area contributed by atoms with E-state index in [0.29, 0.717) is 0 Å². The number of methoxy groups -OCH3 is 2. The molecule has 0 fully saturated rings. The maximum Gasteiger partial charge on any atom is 0.325 e. The van der Waals surface area contributed by atoms with Crippen molar-refractivity contribution in [3.63, 3.8) is 0 Å². The fourth-order valence-electron chi connectivity index (χ4n) is 1.70. The van der Waals surface area contributed by atoms with Crippen molar-refractivity contribution in [1.82, 2.24) is 0 Å². The highest BCUT2D eigenvalue weighted by Crippen LogP contribution is 2.30. The van der Waals surface area contributed by atoms with E-state index < -0.39 is 31.0 Å². The number of rotatable bonds is 4. The highest BCUT2D eigenvalue weighted by Gasteiger charge is 2.47. The molecule has 0 spiro atoms. The Labute approximate surface area is 139 Å². The van der Waals surface area contributed by atoms with Crippen LogP contribution in [0.25, 0.3) is 0 Å². The van der Waals surface area contributed by atoms with Gasteiger partial charge in [-0.1, -0.05) is 31.5 Å². The zero-order valence-electron chi connectivity index (χ0n) is 15.0. The maximum atomic E-state index is 12.2. The standard InChI is InChI=1S/C17H26O5Si/c1-16(2,20)10-8-11-17(14(18)21-3,15(19)22-4)12-9-13-23(5,6)7/h20H,11-12H2,1-7H3. The molecule has 0 aliphatic heterocycles. The van der Waals surface area contributed by atoms with Crippen molar-refractivity contribution in [2.24, 2.45) is 5.41 Å². The van der Waals surface area contributed by atoms with Crippen LogP contribution in [0.5, 0.6) is 0 Å². The minimum absolute atomic E-state index is 0.0306.